The fourth-order valence-electron chi connectivity index (χ4n) is 7.36. The molecule has 4 rings (SSSR count). The molecule has 4 heterocycles. The average molecular weight is 1100 g/mol. The molecule has 39 heteroatoms. The van der Waals surface area contributed by atoms with E-state index in [1.807, 2.05) is 0 Å². The second-order valence-electron chi connectivity index (χ2n) is 14.5. The summed E-state index contributed by atoms with van der Waals surface area (Å²) >= 11 is 0. The van der Waals surface area contributed by atoms with Gasteiger partial charge in [-0.25, -0.2) is 26.3 Å². The maximum Gasteiger partial charge on any atom is 0.397 e. The average Bonchev–Trinajstić information content (AvgIpc) is 3.21. The topological polar surface area (TPSA) is 522 Å². The van der Waals surface area contributed by atoms with Gasteiger partial charge < -0.3 is 83.1 Å². The lowest BCUT2D eigenvalue weighted by molar-refractivity contribution is -0.382. The summed E-state index contributed by atoms with van der Waals surface area (Å²) in [6, 6.07) is 0. The quantitative estimate of drug-likeness (QED) is 0.0400. The highest BCUT2D eigenvalue weighted by atomic mass is 32.3. The first-order valence-electron chi connectivity index (χ1n) is 19.7. The van der Waals surface area contributed by atoms with Gasteiger partial charge in [0, 0.05) is 19.8 Å². The number of aliphatic hydroxyl groups excluding tert-OH is 5. The molecule has 0 saturated carbocycles. The monoisotopic (exact) mass is 1100 g/mol. The predicted octanol–water partition coefficient (Wildman–Crippen LogP) is -7.12. The highest BCUT2D eigenvalue weighted by Crippen LogP contribution is 2.38. The molecule has 0 amide bonds. The highest BCUT2D eigenvalue weighted by Gasteiger charge is 2.60. The summed E-state index contributed by atoms with van der Waals surface area (Å²) in [5.74, 6) is -4.10. The molecule has 4 fully saturated rings. The van der Waals surface area contributed by atoms with Crippen molar-refractivity contribution in [3.8, 4) is 0 Å². The van der Waals surface area contributed by atoms with Gasteiger partial charge in [0.15, 0.2) is 49.6 Å². The zero-order valence-electron chi connectivity index (χ0n) is 35.4. The van der Waals surface area contributed by atoms with Crippen molar-refractivity contribution in [1.29, 1.82) is 0 Å². The van der Waals surface area contributed by atoms with Crippen molar-refractivity contribution in [3.63, 3.8) is 0 Å². The summed E-state index contributed by atoms with van der Waals surface area (Å²) in [5, 5.41) is 74.7. The summed E-state index contributed by atoms with van der Waals surface area (Å²) in [6.07, 6.45) is -48.6. The first-order valence-corrected chi connectivity index (χ1v) is 25.1. The van der Waals surface area contributed by atoms with Gasteiger partial charge in [0.1, 0.15) is 73.2 Å². The van der Waals surface area contributed by atoms with Crippen LogP contribution in [0.15, 0.2) is 0 Å². The van der Waals surface area contributed by atoms with Crippen molar-refractivity contribution >= 4 is 53.5 Å². The van der Waals surface area contributed by atoms with E-state index in [-0.39, 0.29) is 6.61 Å². The van der Waals surface area contributed by atoms with E-state index in [1.54, 1.807) is 0 Å². The van der Waals surface area contributed by atoms with Crippen molar-refractivity contribution in [2.45, 2.75) is 144 Å². The minimum Gasteiger partial charge on any atom is -0.479 e. The van der Waals surface area contributed by atoms with Crippen molar-refractivity contribution in [2.24, 2.45) is 0 Å². The molecule has 11 N–H and O–H groups in total. The lowest BCUT2D eigenvalue weighted by Crippen LogP contribution is -2.69. The van der Waals surface area contributed by atoms with E-state index >= 15 is 0 Å². The Morgan fingerprint density at radius 3 is 1.32 bits per heavy atom. The number of hydrogen-bond acceptors (Lipinski definition) is 29. The molecular weight excluding hydrogens is 1050 g/mol. The fourth-order valence-corrected chi connectivity index (χ4v) is 9.35. The summed E-state index contributed by atoms with van der Waals surface area (Å²) in [6.45, 7) is 0.754. The molecule has 404 valence electrons. The van der Waals surface area contributed by atoms with Gasteiger partial charge in [0.2, 0.25) is 0 Å². The van der Waals surface area contributed by atoms with E-state index < -0.39 is 203 Å². The molecule has 0 radical (unpaired) electrons. The van der Waals surface area contributed by atoms with E-state index in [9.17, 15) is 97.2 Å². The molecule has 4 saturated heterocycles. The highest BCUT2D eigenvalue weighted by molar-refractivity contribution is 7.81. The third-order valence-electron chi connectivity index (χ3n) is 9.94. The predicted molar refractivity (Wildman–Crippen MR) is 205 cm³/mol. The SMILES string of the molecule is CCOC[C@H]1O[C@@H](O[C@H]2[C@H](OCC)[C@@H](OS(=O)(=O)O)[C@H](O[C@@H]3[C@@H](O)[C@H](O[C@H]4[C@H](OCC)[C@@H](OS(=O)(=O)O)[C@H](O)O[C@H]4C(=O)O)O[C@H](CO)[C@H]3OS(=O)(=O)O)O[C@H]2C(=O)O)[C@H](O)[C@@H](OS(=O)(=O)O)[C@@H]1O. The number of carboxylic acid groups (broad SMARTS) is 2. The van der Waals surface area contributed by atoms with Crippen molar-refractivity contribution in [2.75, 3.05) is 33.0 Å². The lowest BCUT2D eigenvalue weighted by atomic mass is 9.95. The van der Waals surface area contributed by atoms with E-state index in [4.69, 9.17) is 51.6 Å². The summed E-state index contributed by atoms with van der Waals surface area (Å²) in [7, 11) is -22.6. The minimum atomic E-state index is -5.84. The van der Waals surface area contributed by atoms with Crippen LogP contribution >= 0.6 is 0 Å². The number of hydrogen-bond donors (Lipinski definition) is 11. The Hall–Kier alpha value is -2.18. The molecule has 0 aromatic rings. The van der Waals surface area contributed by atoms with Gasteiger partial charge in [-0.05, 0) is 20.8 Å². The number of aliphatic hydroxyl groups is 5. The molecule has 0 aliphatic carbocycles. The Balaban J connectivity index is 1.83. The van der Waals surface area contributed by atoms with E-state index in [1.165, 1.54) is 20.8 Å². The number of carboxylic acids is 2. The lowest BCUT2D eigenvalue weighted by Gasteiger charge is -2.50. The Kier molecular flexibility index (Phi) is 20.9. The van der Waals surface area contributed by atoms with Gasteiger partial charge in [0.25, 0.3) is 0 Å². The molecule has 0 spiro atoms. The first kappa shape index (κ1) is 59.4. The Morgan fingerprint density at radius 2 is 0.870 bits per heavy atom. The number of aliphatic carboxylic acids is 2. The summed E-state index contributed by atoms with van der Waals surface area (Å²) < 4.78 is 207. The zero-order valence-corrected chi connectivity index (χ0v) is 38.7. The largest absolute Gasteiger partial charge is 0.479 e. The van der Waals surface area contributed by atoms with E-state index in [2.05, 4.69) is 12.5 Å². The normalized spacial score (nSPS) is 39.5. The van der Waals surface area contributed by atoms with Gasteiger partial charge in [-0.1, -0.05) is 0 Å². The molecule has 0 aromatic carbocycles. The van der Waals surface area contributed by atoms with Gasteiger partial charge in [0.05, 0.1) is 13.2 Å². The van der Waals surface area contributed by atoms with Gasteiger partial charge in [-0.2, -0.15) is 33.7 Å². The summed E-state index contributed by atoms with van der Waals surface area (Å²) in [5.41, 5.74) is 0. The van der Waals surface area contributed by atoms with Crippen LogP contribution < -0.4 is 0 Å². The van der Waals surface area contributed by atoms with Crippen LogP contribution in [0.1, 0.15) is 20.8 Å². The minimum absolute atomic E-state index is 0.0589. The van der Waals surface area contributed by atoms with Gasteiger partial charge >= 0.3 is 53.5 Å². The molecular formula is C30H50O35S4. The smallest absolute Gasteiger partial charge is 0.397 e. The van der Waals surface area contributed by atoms with Crippen molar-refractivity contribution < 1.29 is 161 Å². The summed E-state index contributed by atoms with van der Waals surface area (Å²) in [4.78, 5) is 25.3. The number of rotatable bonds is 24. The van der Waals surface area contributed by atoms with Crippen molar-refractivity contribution in [3.05, 3.63) is 0 Å². The van der Waals surface area contributed by atoms with Crippen LogP contribution in [0.25, 0.3) is 0 Å². The van der Waals surface area contributed by atoms with Crippen molar-refractivity contribution in [1.82, 2.24) is 0 Å². The second-order valence-corrected chi connectivity index (χ2v) is 18.7. The molecule has 4 aliphatic heterocycles. The fraction of sp³-hybridized carbons (Fsp3) is 0.933. The van der Waals surface area contributed by atoms with E-state index in [0.717, 1.165) is 0 Å². The molecule has 4 aliphatic rings. The van der Waals surface area contributed by atoms with Crippen LogP contribution in [0.3, 0.4) is 0 Å². The van der Waals surface area contributed by atoms with Crippen LogP contribution in [0.2, 0.25) is 0 Å². The van der Waals surface area contributed by atoms with Gasteiger partial charge in [-0.15, -0.1) is 0 Å². The Labute approximate surface area is 390 Å². The standard InChI is InChI=1S/C30H50O35S4/c1-4-52-8-10-11(32)15(63-67(43,44)45)12(33)28(56-10)60-20-18(54-6-3)24(65-69(49,50)51)30(61-22(20)26(37)38)58-16-13(34)29(55-9(7-31)14(16)62-66(40,41)42)59-19-17(53-5-2)23(64-68(46,47)48)27(39)57-21(19)25(35)36/h9-24,27-34,39H,4-8H2,1-3H3,(H,35,36)(H,37,38)(H,40,41,42)(H,43,44,45)(H,46,47,48)(H,49,50,51)/t9-,10-,11-,12-,13-,14-,15+,16-,17+,18+,19+,20+,21-,22-,23-,24-,27-,28+,29+,30-/m1/s1. The third kappa shape index (κ3) is 15.9. The Bertz CT molecular complexity index is 2160. The van der Waals surface area contributed by atoms with Crippen LogP contribution in [0.4, 0.5) is 0 Å². The van der Waals surface area contributed by atoms with E-state index in [0.29, 0.717) is 0 Å². The molecule has 20 atom stereocenters. The first-order chi connectivity index (χ1) is 31.8. The third-order valence-corrected chi connectivity index (χ3v) is 11.8. The molecule has 35 nitrogen and oxygen atoms in total. The zero-order chi connectivity index (χ0) is 52.1. The van der Waals surface area contributed by atoms with Gasteiger partial charge in [-0.3, -0.25) is 18.2 Å². The van der Waals surface area contributed by atoms with Crippen LogP contribution in [-0.4, -0.2) is 255 Å². The number of ether oxygens (including phenoxy) is 10. The second kappa shape index (κ2) is 24.2. The Morgan fingerprint density at radius 1 is 0.464 bits per heavy atom. The molecule has 69 heavy (non-hydrogen) atoms. The number of carbonyl (C=O) groups is 2. The molecule has 0 unspecified atom stereocenters. The maximum atomic E-state index is 12.9. The van der Waals surface area contributed by atoms with Crippen LogP contribution in [0, 0.1) is 0 Å². The molecule has 0 bridgehead atoms. The maximum absolute atomic E-state index is 12.9. The molecule has 0 aromatic heterocycles. The van der Waals surface area contributed by atoms with Crippen LogP contribution in [-0.2, 0) is 115 Å². The van der Waals surface area contributed by atoms with Crippen LogP contribution in [0.5, 0.6) is 0 Å².